The number of methoxy groups -OCH3 is 1. The van der Waals surface area contributed by atoms with Crippen LogP contribution in [0.3, 0.4) is 0 Å². The van der Waals surface area contributed by atoms with Crippen LogP contribution in [-0.4, -0.2) is 42.2 Å². The number of aliphatic carboxylic acids is 1. The van der Waals surface area contributed by atoms with Gasteiger partial charge in [0.05, 0.1) is 24.3 Å². The number of hydrogen-bond donors (Lipinski definition) is 1. The molecule has 1 saturated heterocycles. The first-order chi connectivity index (χ1) is 9.43. The largest absolute Gasteiger partial charge is 0.481 e. The molecule has 1 aliphatic rings. The van der Waals surface area contributed by atoms with E-state index >= 15 is 0 Å². The highest BCUT2D eigenvalue weighted by molar-refractivity contribution is 5.90. The summed E-state index contributed by atoms with van der Waals surface area (Å²) in [6.07, 6.45) is 0. The van der Waals surface area contributed by atoms with Crippen LogP contribution >= 0.6 is 0 Å². The number of carbonyl (C=O) groups is 2. The highest BCUT2D eigenvalue weighted by Gasteiger charge is 2.35. The summed E-state index contributed by atoms with van der Waals surface area (Å²) in [5.74, 6) is -0.791. The summed E-state index contributed by atoms with van der Waals surface area (Å²) in [6.45, 7) is 4.76. The Hall–Kier alpha value is -2.11. The van der Waals surface area contributed by atoms with Crippen molar-refractivity contribution in [2.24, 2.45) is 11.8 Å². The molecule has 0 saturated carbocycles. The van der Waals surface area contributed by atoms with Crippen LogP contribution in [0.4, 0.5) is 5.82 Å². The normalized spacial score (nSPS) is 21.9. The van der Waals surface area contributed by atoms with Gasteiger partial charge in [0.1, 0.15) is 5.82 Å². The number of nitrogens with zero attached hydrogens (tertiary/aromatic N) is 2. The van der Waals surface area contributed by atoms with Gasteiger partial charge >= 0.3 is 11.9 Å². The summed E-state index contributed by atoms with van der Waals surface area (Å²) in [7, 11) is 1.33. The third-order valence-corrected chi connectivity index (χ3v) is 3.73. The fourth-order valence-electron chi connectivity index (χ4n) is 2.52. The molecule has 1 aromatic heterocycles. The van der Waals surface area contributed by atoms with Crippen molar-refractivity contribution < 1.29 is 19.4 Å². The molecule has 1 fully saturated rings. The van der Waals surface area contributed by atoms with E-state index < -0.39 is 11.9 Å². The lowest BCUT2D eigenvalue weighted by Crippen LogP contribution is -2.24. The predicted octanol–water partition coefficient (Wildman–Crippen LogP) is 1.33. The van der Waals surface area contributed by atoms with Crippen molar-refractivity contribution in [1.29, 1.82) is 0 Å². The molecule has 108 valence electrons. The van der Waals surface area contributed by atoms with Gasteiger partial charge < -0.3 is 14.7 Å². The first-order valence-corrected chi connectivity index (χ1v) is 6.47. The molecule has 6 nitrogen and oxygen atoms in total. The Morgan fingerprint density at radius 2 is 2.10 bits per heavy atom. The number of carboxylic acid groups (broad SMARTS) is 1. The van der Waals surface area contributed by atoms with Gasteiger partial charge in [-0.2, -0.15) is 0 Å². The first kappa shape index (κ1) is 14.3. The van der Waals surface area contributed by atoms with E-state index in [1.54, 1.807) is 19.1 Å². The SMILES string of the molecule is COC(=O)c1ccc(N2CC(C)C(C(=O)O)C2)nc1C. The van der Waals surface area contributed by atoms with Gasteiger partial charge in [-0.3, -0.25) is 4.79 Å². The van der Waals surface area contributed by atoms with Gasteiger partial charge in [-0.1, -0.05) is 6.92 Å². The Bertz CT molecular complexity index is 544. The topological polar surface area (TPSA) is 79.7 Å². The van der Waals surface area contributed by atoms with Gasteiger partial charge in [-0.15, -0.1) is 0 Å². The Morgan fingerprint density at radius 3 is 2.60 bits per heavy atom. The molecule has 2 rings (SSSR count). The van der Waals surface area contributed by atoms with E-state index in [-0.39, 0.29) is 11.8 Å². The molecule has 1 aliphatic heterocycles. The molecule has 1 N–H and O–H groups in total. The number of pyridine rings is 1. The molecule has 0 bridgehead atoms. The van der Waals surface area contributed by atoms with E-state index in [1.807, 2.05) is 11.8 Å². The van der Waals surface area contributed by atoms with Crippen LogP contribution in [0.5, 0.6) is 0 Å². The van der Waals surface area contributed by atoms with Gasteiger partial charge in [0.25, 0.3) is 0 Å². The first-order valence-electron chi connectivity index (χ1n) is 6.47. The van der Waals surface area contributed by atoms with E-state index in [0.717, 1.165) is 0 Å². The van der Waals surface area contributed by atoms with Gasteiger partial charge in [0.15, 0.2) is 0 Å². The molecule has 2 unspecified atom stereocenters. The number of carbonyl (C=O) groups excluding carboxylic acids is 1. The summed E-state index contributed by atoms with van der Waals surface area (Å²) in [6, 6.07) is 3.40. The van der Waals surface area contributed by atoms with Crippen molar-refractivity contribution >= 4 is 17.8 Å². The molecule has 0 amide bonds. The number of esters is 1. The van der Waals surface area contributed by atoms with Crippen LogP contribution in [0, 0.1) is 18.8 Å². The zero-order chi connectivity index (χ0) is 14.9. The molecule has 6 heteroatoms. The number of aromatic nitrogens is 1. The number of aryl methyl sites for hydroxylation is 1. The molecule has 2 atom stereocenters. The number of carboxylic acids is 1. The van der Waals surface area contributed by atoms with Crippen molar-refractivity contribution in [3.05, 3.63) is 23.4 Å². The molecule has 1 aromatic rings. The maximum absolute atomic E-state index is 11.5. The van der Waals surface area contributed by atoms with E-state index in [0.29, 0.717) is 30.2 Å². The van der Waals surface area contributed by atoms with Crippen LogP contribution in [0.25, 0.3) is 0 Å². The predicted molar refractivity (Wildman–Crippen MR) is 72.8 cm³/mol. The molecule has 0 aliphatic carbocycles. The smallest absolute Gasteiger partial charge is 0.339 e. The van der Waals surface area contributed by atoms with Gasteiger partial charge in [-0.05, 0) is 25.0 Å². The number of hydrogen-bond acceptors (Lipinski definition) is 5. The van der Waals surface area contributed by atoms with Crippen molar-refractivity contribution in [3.8, 4) is 0 Å². The van der Waals surface area contributed by atoms with Crippen molar-refractivity contribution in [1.82, 2.24) is 4.98 Å². The quantitative estimate of drug-likeness (QED) is 0.840. The third-order valence-electron chi connectivity index (χ3n) is 3.73. The molecule has 0 spiro atoms. The standard InChI is InChI=1S/C14H18N2O4/c1-8-6-16(7-11(8)13(17)18)12-5-4-10(9(2)15-12)14(19)20-3/h4-5,8,11H,6-7H2,1-3H3,(H,17,18). The monoisotopic (exact) mass is 278 g/mol. The van der Waals surface area contributed by atoms with E-state index in [1.165, 1.54) is 7.11 Å². The van der Waals surface area contributed by atoms with E-state index in [2.05, 4.69) is 9.72 Å². The van der Waals surface area contributed by atoms with E-state index in [4.69, 9.17) is 5.11 Å². The second-order valence-electron chi connectivity index (χ2n) is 5.12. The Labute approximate surface area is 117 Å². The van der Waals surface area contributed by atoms with Crippen LogP contribution < -0.4 is 4.90 Å². The summed E-state index contributed by atoms with van der Waals surface area (Å²) in [5.41, 5.74) is 1.01. The van der Waals surface area contributed by atoms with E-state index in [9.17, 15) is 9.59 Å². The highest BCUT2D eigenvalue weighted by Crippen LogP contribution is 2.27. The number of anilines is 1. The van der Waals surface area contributed by atoms with Gasteiger partial charge in [-0.25, -0.2) is 9.78 Å². The minimum Gasteiger partial charge on any atom is -0.481 e. The highest BCUT2D eigenvalue weighted by atomic mass is 16.5. The Kier molecular flexibility index (Phi) is 3.92. The Morgan fingerprint density at radius 1 is 1.40 bits per heavy atom. The molecule has 0 radical (unpaired) electrons. The molecule has 20 heavy (non-hydrogen) atoms. The molecular weight excluding hydrogens is 260 g/mol. The maximum atomic E-state index is 11.5. The van der Waals surface area contributed by atoms with Crippen molar-refractivity contribution in [2.45, 2.75) is 13.8 Å². The van der Waals surface area contributed by atoms with Crippen LogP contribution in [0.2, 0.25) is 0 Å². The van der Waals surface area contributed by atoms with Crippen LogP contribution in [-0.2, 0) is 9.53 Å². The maximum Gasteiger partial charge on any atom is 0.339 e. The Balaban J connectivity index is 2.21. The fourth-order valence-corrected chi connectivity index (χ4v) is 2.52. The molecule has 0 aromatic carbocycles. The fraction of sp³-hybridized carbons (Fsp3) is 0.500. The second kappa shape index (κ2) is 5.48. The minimum atomic E-state index is -0.775. The zero-order valence-electron chi connectivity index (χ0n) is 11.8. The summed E-state index contributed by atoms with van der Waals surface area (Å²) in [5, 5.41) is 9.14. The minimum absolute atomic E-state index is 0.0786. The average molecular weight is 278 g/mol. The number of ether oxygens (including phenoxy) is 1. The van der Waals surface area contributed by atoms with Gasteiger partial charge in [0, 0.05) is 13.1 Å². The van der Waals surface area contributed by atoms with Crippen LogP contribution in [0.15, 0.2) is 12.1 Å². The molecular formula is C14H18N2O4. The number of rotatable bonds is 3. The lowest BCUT2D eigenvalue weighted by atomic mass is 9.99. The average Bonchev–Trinajstić information content (AvgIpc) is 2.80. The lowest BCUT2D eigenvalue weighted by molar-refractivity contribution is -0.142. The van der Waals surface area contributed by atoms with Gasteiger partial charge in [0.2, 0.25) is 0 Å². The summed E-state index contributed by atoms with van der Waals surface area (Å²) < 4.78 is 4.68. The van der Waals surface area contributed by atoms with Crippen molar-refractivity contribution in [3.63, 3.8) is 0 Å². The molecule has 2 heterocycles. The summed E-state index contributed by atoms with van der Waals surface area (Å²) >= 11 is 0. The van der Waals surface area contributed by atoms with Crippen molar-refractivity contribution in [2.75, 3.05) is 25.1 Å². The lowest BCUT2D eigenvalue weighted by Gasteiger charge is -2.18. The summed E-state index contributed by atoms with van der Waals surface area (Å²) in [4.78, 5) is 29.0. The van der Waals surface area contributed by atoms with Crippen LogP contribution in [0.1, 0.15) is 23.0 Å². The second-order valence-corrected chi connectivity index (χ2v) is 5.12. The zero-order valence-corrected chi connectivity index (χ0v) is 11.8. The third kappa shape index (κ3) is 2.59.